The average Bonchev–Trinajstić information content (AvgIpc) is 3.16. The third-order valence-corrected chi connectivity index (χ3v) is 4.07. The van der Waals surface area contributed by atoms with E-state index in [2.05, 4.69) is 10.3 Å². The van der Waals surface area contributed by atoms with Gasteiger partial charge in [-0.25, -0.2) is 4.98 Å². The molecule has 2 N–H and O–H groups in total. The minimum absolute atomic E-state index is 0.160. The molecule has 1 aromatic heterocycles. The highest BCUT2D eigenvalue weighted by Gasteiger charge is 2.14. The van der Waals surface area contributed by atoms with Crippen molar-refractivity contribution >= 4 is 5.91 Å². The van der Waals surface area contributed by atoms with Crippen LogP contribution in [0, 0.1) is 6.92 Å². The second-order valence-corrected chi connectivity index (χ2v) is 5.96. The Morgan fingerprint density at radius 1 is 1.24 bits per heavy atom. The number of amides is 1. The Balaban J connectivity index is 1.67. The fourth-order valence-corrected chi connectivity index (χ4v) is 2.72. The molecule has 0 aliphatic carbocycles. The Bertz CT molecular complexity index is 829. The van der Waals surface area contributed by atoms with Crippen LogP contribution in [0.5, 0.6) is 0 Å². The van der Waals surface area contributed by atoms with E-state index in [4.69, 9.17) is 0 Å². The van der Waals surface area contributed by atoms with Gasteiger partial charge in [-0.1, -0.05) is 42.0 Å². The van der Waals surface area contributed by atoms with Gasteiger partial charge in [-0.2, -0.15) is 0 Å². The molecule has 0 saturated carbocycles. The minimum atomic E-state index is -0.591. The number of aliphatic hydroxyl groups is 1. The zero-order valence-corrected chi connectivity index (χ0v) is 14.1. The number of hydrogen-bond acceptors (Lipinski definition) is 3. The van der Waals surface area contributed by atoms with Gasteiger partial charge in [-0.15, -0.1) is 0 Å². The number of benzene rings is 2. The van der Waals surface area contributed by atoms with Crippen molar-refractivity contribution < 1.29 is 9.90 Å². The molecular weight excluding hydrogens is 314 g/mol. The quantitative estimate of drug-likeness (QED) is 0.727. The van der Waals surface area contributed by atoms with Gasteiger partial charge in [-0.3, -0.25) is 4.79 Å². The van der Waals surface area contributed by atoms with Crippen LogP contribution in [0.3, 0.4) is 0 Å². The standard InChI is InChI=1S/C20H21N3O2/c1-15-7-8-18(23-12-11-21-14-23)17(13-15)20(25)22-10-9-19(24)16-5-3-2-4-6-16/h2-8,11-14,19,24H,9-10H2,1H3,(H,22,25). The van der Waals surface area contributed by atoms with E-state index in [0.29, 0.717) is 18.5 Å². The summed E-state index contributed by atoms with van der Waals surface area (Å²) in [4.78, 5) is 16.6. The van der Waals surface area contributed by atoms with Gasteiger partial charge in [-0.05, 0) is 31.0 Å². The van der Waals surface area contributed by atoms with Crippen molar-refractivity contribution in [2.24, 2.45) is 0 Å². The van der Waals surface area contributed by atoms with Gasteiger partial charge < -0.3 is 15.0 Å². The fourth-order valence-electron chi connectivity index (χ4n) is 2.72. The SMILES string of the molecule is Cc1ccc(-n2ccnc2)c(C(=O)NCCC(O)c2ccccc2)c1. The molecule has 25 heavy (non-hydrogen) atoms. The lowest BCUT2D eigenvalue weighted by molar-refractivity contribution is 0.0942. The summed E-state index contributed by atoms with van der Waals surface area (Å²) in [7, 11) is 0. The van der Waals surface area contributed by atoms with Crippen molar-refractivity contribution in [3.05, 3.63) is 83.9 Å². The van der Waals surface area contributed by atoms with Crippen molar-refractivity contribution in [1.82, 2.24) is 14.9 Å². The van der Waals surface area contributed by atoms with Crippen LogP contribution in [0.15, 0.2) is 67.3 Å². The highest BCUT2D eigenvalue weighted by molar-refractivity contribution is 5.98. The Morgan fingerprint density at radius 3 is 2.76 bits per heavy atom. The number of hydrogen-bond donors (Lipinski definition) is 2. The van der Waals surface area contributed by atoms with Crippen LogP contribution in [0.4, 0.5) is 0 Å². The number of nitrogens with one attached hydrogen (secondary N) is 1. The number of imidazole rings is 1. The molecule has 1 atom stereocenters. The van der Waals surface area contributed by atoms with E-state index in [1.165, 1.54) is 0 Å². The molecule has 3 aromatic rings. The van der Waals surface area contributed by atoms with E-state index in [9.17, 15) is 9.90 Å². The Hall–Kier alpha value is -2.92. The monoisotopic (exact) mass is 335 g/mol. The van der Waals surface area contributed by atoms with Crippen LogP contribution in [-0.2, 0) is 0 Å². The molecule has 1 heterocycles. The molecule has 0 radical (unpaired) electrons. The summed E-state index contributed by atoms with van der Waals surface area (Å²) < 4.78 is 1.81. The first kappa shape index (κ1) is 16.9. The first-order chi connectivity index (χ1) is 12.1. The number of aryl methyl sites for hydroxylation is 1. The first-order valence-electron chi connectivity index (χ1n) is 8.25. The van der Waals surface area contributed by atoms with E-state index in [-0.39, 0.29) is 5.91 Å². The molecule has 0 aliphatic rings. The third-order valence-electron chi connectivity index (χ3n) is 4.07. The molecule has 0 aliphatic heterocycles. The molecule has 1 amide bonds. The van der Waals surface area contributed by atoms with Gasteiger partial charge in [0, 0.05) is 18.9 Å². The topological polar surface area (TPSA) is 67.2 Å². The molecular formula is C20H21N3O2. The summed E-state index contributed by atoms with van der Waals surface area (Å²) in [6, 6.07) is 15.2. The highest BCUT2D eigenvalue weighted by Crippen LogP contribution is 2.18. The summed E-state index contributed by atoms with van der Waals surface area (Å²) in [5.41, 5.74) is 3.24. The summed E-state index contributed by atoms with van der Waals surface area (Å²) in [6.45, 7) is 2.35. The van der Waals surface area contributed by atoms with Gasteiger partial charge in [0.1, 0.15) is 0 Å². The lowest BCUT2D eigenvalue weighted by atomic mass is 10.1. The van der Waals surface area contributed by atoms with Crippen LogP contribution in [0.2, 0.25) is 0 Å². The predicted molar refractivity (Wildman–Crippen MR) is 96.7 cm³/mol. The normalized spacial score (nSPS) is 11.9. The lowest BCUT2D eigenvalue weighted by Gasteiger charge is -2.14. The number of carbonyl (C=O) groups excluding carboxylic acids is 1. The van der Waals surface area contributed by atoms with Crippen LogP contribution in [-0.4, -0.2) is 27.1 Å². The van der Waals surface area contributed by atoms with Crippen LogP contribution in [0.1, 0.15) is 34.0 Å². The number of aliphatic hydroxyl groups excluding tert-OH is 1. The molecule has 0 spiro atoms. The largest absolute Gasteiger partial charge is 0.388 e. The van der Waals surface area contributed by atoms with E-state index in [1.807, 2.05) is 60.0 Å². The van der Waals surface area contributed by atoms with Gasteiger partial charge in [0.25, 0.3) is 5.91 Å². The third kappa shape index (κ3) is 4.14. The van der Waals surface area contributed by atoms with Crippen LogP contribution < -0.4 is 5.32 Å². The number of nitrogens with zero attached hydrogens (tertiary/aromatic N) is 2. The summed E-state index contributed by atoms with van der Waals surface area (Å²) in [6.07, 6.45) is 5.02. The predicted octanol–water partition coefficient (Wildman–Crippen LogP) is 3.03. The Morgan fingerprint density at radius 2 is 2.04 bits per heavy atom. The fraction of sp³-hybridized carbons (Fsp3) is 0.200. The smallest absolute Gasteiger partial charge is 0.253 e. The molecule has 5 heteroatoms. The van der Waals surface area contributed by atoms with Crippen molar-refractivity contribution in [1.29, 1.82) is 0 Å². The van der Waals surface area contributed by atoms with Gasteiger partial charge in [0.05, 0.1) is 23.7 Å². The Kier molecular flexibility index (Phi) is 5.26. The van der Waals surface area contributed by atoms with Gasteiger partial charge in [0.15, 0.2) is 0 Å². The average molecular weight is 335 g/mol. The molecule has 0 saturated heterocycles. The van der Waals surface area contributed by atoms with Crippen LogP contribution in [0.25, 0.3) is 5.69 Å². The van der Waals surface area contributed by atoms with E-state index in [0.717, 1.165) is 16.8 Å². The number of carbonyl (C=O) groups is 1. The maximum atomic E-state index is 12.6. The van der Waals surface area contributed by atoms with Gasteiger partial charge in [0.2, 0.25) is 0 Å². The summed E-state index contributed by atoms with van der Waals surface area (Å²) in [5.74, 6) is -0.160. The molecule has 2 aromatic carbocycles. The lowest BCUT2D eigenvalue weighted by Crippen LogP contribution is -2.26. The zero-order valence-electron chi connectivity index (χ0n) is 14.1. The molecule has 0 fully saturated rings. The first-order valence-corrected chi connectivity index (χ1v) is 8.25. The van der Waals surface area contributed by atoms with Crippen LogP contribution >= 0.6 is 0 Å². The number of aromatic nitrogens is 2. The molecule has 1 unspecified atom stereocenters. The van der Waals surface area contributed by atoms with Crippen molar-refractivity contribution in [2.75, 3.05) is 6.54 Å². The zero-order chi connectivity index (χ0) is 17.6. The van der Waals surface area contributed by atoms with E-state index >= 15 is 0 Å². The number of rotatable bonds is 6. The molecule has 128 valence electrons. The molecule has 5 nitrogen and oxygen atoms in total. The van der Waals surface area contributed by atoms with E-state index in [1.54, 1.807) is 18.7 Å². The highest BCUT2D eigenvalue weighted by atomic mass is 16.3. The van der Waals surface area contributed by atoms with Crippen molar-refractivity contribution in [3.8, 4) is 5.69 Å². The second kappa shape index (κ2) is 7.77. The van der Waals surface area contributed by atoms with Crippen molar-refractivity contribution in [3.63, 3.8) is 0 Å². The molecule has 0 bridgehead atoms. The maximum Gasteiger partial charge on any atom is 0.253 e. The maximum absolute atomic E-state index is 12.6. The summed E-state index contributed by atoms with van der Waals surface area (Å²) in [5, 5.41) is 13.1. The van der Waals surface area contributed by atoms with Crippen molar-refractivity contribution in [2.45, 2.75) is 19.4 Å². The molecule has 3 rings (SSSR count). The van der Waals surface area contributed by atoms with Gasteiger partial charge >= 0.3 is 0 Å². The summed E-state index contributed by atoms with van der Waals surface area (Å²) >= 11 is 0. The van der Waals surface area contributed by atoms with E-state index < -0.39 is 6.10 Å². The second-order valence-electron chi connectivity index (χ2n) is 5.96. The Labute approximate surface area is 147 Å². The minimum Gasteiger partial charge on any atom is -0.388 e.